The normalized spacial score (nSPS) is 12.0. The van der Waals surface area contributed by atoms with Crippen molar-refractivity contribution in [1.29, 1.82) is 0 Å². The molecule has 2 heterocycles. The molecule has 0 aliphatic heterocycles. The predicted octanol–water partition coefficient (Wildman–Crippen LogP) is 3.80. The average Bonchev–Trinajstić information content (AvgIpc) is 3.05. The molecule has 0 saturated heterocycles. The van der Waals surface area contributed by atoms with E-state index in [1.807, 2.05) is 37.3 Å². The molecule has 6 heteroatoms. The van der Waals surface area contributed by atoms with E-state index >= 15 is 0 Å². The van der Waals surface area contributed by atoms with Gasteiger partial charge in [-0.1, -0.05) is 18.2 Å². The molecular weight excluding hydrogens is 308 g/mol. The molecule has 0 saturated carbocycles. The minimum atomic E-state index is -0.490. The summed E-state index contributed by atoms with van der Waals surface area (Å²) >= 11 is 0. The first-order valence-corrected chi connectivity index (χ1v) is 7.50. The Morgan fingerprint density at radius 1 is 1.21 bits per heavy atom. The molecule has 0 unspecified atom stereocenters. The number of ether oxygens (including phenoxy) is 2. The van der Waals surface area contributed by atoms with Gasteiger partial charge in [-0.15, -0.1) is 0 Å². The second-order valence-electron chi connectivity index (χ2n) is 5.30. The molecule has 3 aromatic rings. The lowest BCUT2D eigenvalue weighted by Gasteiger charge is -2.14. The number of hydrogen-bond donors (Lipinski definition) is 1. The standard InChI is InChI=1S/C18H18N2O4/c1-11(15-10-12-6-4-5-7-14(12)24-15)19-16-9-8-13(18(21)23-3)17(20-16)22-2/h4-11H,1-3H3,(H,19,20)/t11-/m0/s1. The Kier molecular flexibility index (Phi) is 4.37. The summed E-state index contributed by atoms with van der Waals surface area (Å²) in [6.07, 6.45) is 0. The molecule has 124 valence electrons. The van der Waals surface area contributed by atoms with Gasteiger partial charge in [-0.05, 0) is 31.2 Å². The second-order valence-corrected chi connectivity index (χ2v) is 5.30. The van der Waals surface area contributed by atoms with Crippen LogP contribution in [-0.4, -0.2) is 25.2 Å². The fraction of sp³-hybridized carbons (Fsp3) is 0.222. The van der Waals surface area contributed by atoms with E-state index in [0.29, 0.717) is 5.82 Å². The zero-order valence-corrected chi connectivity index (χ0v) is 13.7. The first-order chi connectivity index (χ1) is 11.6. The maximum atomic E-state index is 11.7. The molecule has 1 aromatic carbocycles. The van der Waals surface area contributed by atoms with E-state index in [1.165, 1.54) is 14.2 Å². The van der Waals surface area contributed by atoms with Crippen LogP contribution < -0.4 is 10.1 Å². The summed E-state index contributed by atoms with van der Waals surface area (Å²) in [5.41, 5.74) is 1.12. The van der Waals surface area contributed by atoms with E-state index in [1.54, 1.807) is 12.1 Å². The summed E-state index contributed by atoms with van der Waals surface area (Å²) in [6, 6.07) is 13.0. The Bertz CT molecular complexity index is 839. The van der Waals surface area contributed by atoms with Crippen molar-refractivity contribution in [2.75, 3.05) is 19.5 Å². The highest BCUT2D eigenvalue weighted by atomic mass is 16.5. The predicted molar refractivity (Wildman–Crippen MR) is 90.4 cm³/mol. The molecule has 0 amide bonds. The SMILES string of the molecule is COC(=O)c1ccc(N[C@@H](C)c2cc3ccccc3o2)nc1OC. The summed E-state index contributed by atoms with van der Waals surface area (Å²) in [5, 5.41) is 4.29. The Morgan fingerprint density at radius 2 is 2.00 bits per heavy atom. The number of esters is 1. The number of pyridine rings is 1. The van der Waals surface area contributed by atoms with Crippen molar-refractivity contribution in [3.05, 3.63) is 53.8 Å². The maximum Gasteiger partial charge on any atom is 0.343 e. The number of aromatic nitrogens is 1. The van der Waals surface area contributed by atoms with Gasteiger partial charge in [0.15, 0.2) is 0 Å². The van der Waals surface area contributed by atoms with E-state index < -0.39 is 5.97 Å². The van der Waals surface area contributed by atoms with Crippen molar-refractivity contribution in [3.63, 3.8) is 0 Å². The fourth-order valence-corrected chi connectivity index (χ4v) is 2.45. The van der Waals surface area contributed by atoms with E-state index in [9.17, 15) is 4.79 Å². The summed E-state index contributed by atoms with van der Waals surface area (Å²) in [7, 11) is 2.78. The van der Waals surface area contributed by atoms with Crippen LogP contribution in [0.5, 0.6) is 5.88 Å². The number of nitrogens with zero attached hydrogens (tertiary/aromatic N) is 1. The zero-order valence-electron chi connectivity index (χ0n) is 13.7. The third-order valence-corrected chi connectivity index (χ3v) is 3.69. The van der Waals surface area contributed by atoms with Crippen molar-refractivity contribution < 1.29 is 18.7 Å². The van der Waals surface area contributed by atoms with Crippen LogP contribution in [0.4, 0.5) is 5.82 Å². The Labute approximate surface area is 139 Å². The van der Waals surface area contributed by atoms with Crippen LogP contribution in [0.15, 0.2) is 46.9 Å². The van der Waals surface area contributed by atoms with E-state index in [0.717, 1.165) is 16.7 Å². The molecular formula is C18H18N2O4. The number of anilines is 1. The van der Waals surface area contributed by atoms with Crippen molar-refractivity contribution in [2.45, 2.75) is 13.0 Å². The van der Waals surface area contributed by atoms with Gasteiger partial charge in [-0.3, -0.25) is 0 Å². The second kappa shape index (κ2) is 6.62. The van der Waals surface area contributed by atoms with Gasteiger partial charge in [0, 0.05) is 5.39 Å². The Balaban J connectivity index is 1.83. The van der Waals surface area contributed by atoms with Crippen LogP contribution in [0.25, 0.3) is 11.0 Å². The number of benzene rings is 1. The van der Waals surface area contributed by atoms with Gasteiger partial charge in [0.2, 0.25) is 5.88 Å². The lowest BCUT2D eigenvalue weighted by molar-refractivity contribution is 0.0596. The largest absolute Gasteiger partial charge is 0.480 e. The third kappa shape index (κ3) is 3.03. The number of fused-ring (bicyclic) bond motifs is 1. The van der Waals surface area contributed by atoms with E-state index in [2.05, 4.69) is 10.3 Å². The molecule has 0 spiro atoms. The highest BCUT2D eigenvalue weighted by Crippen LogP contribution is 2.27. The van der Waals surface area contributed by atoms with Crippen molar-refractivity contribution >= 4 is 22.8 Å². The summed E-state index contributed by atoms with van der Waals surface area (Å²) in [4.78, 5) is 16.0. The number of para-hydroxylation sites is 1. The van der Waals surface area contributed by atoms with E-state index in [4.69, 9.17) is 13.9 Å². The van der Waals surface area contributed by atoms with Gasteiger partial charge in [-0.2, -0.15) is 4.98 Å². The molecule has 24 heavy (non-hydrogen) atoms. The molecule has 1 atom stereocenters. The highest BCUT2D eigenvalue weighted by molar-refractivity contribution is 5.92. The molecule has 0 radical (unpaired) electrons. The van der Waals surface area contributed by atoms with Gasteiger partial charge in [0.25, 0.3) is 0 Å². The number of carbonyl (C=O) groups is 1. The third-order valence-electron chi connectivity index (χ3n) is 3.69. The molecule has 0 fully saturated rings. The van der Waals surface area contributed by atoms with Gasteiger partial charge in [0.05, 0.1) is 20.3 Å². The van der Waals surface area contributed by atoms with Crippen molar-refractivity contribution in [2.24, 2.45) is 0 Å². The molecule has 2 aromatic heterocycles. The monoisotopic (exact) mass is 326 g/mol. The van der Waals surface area contributed by atoms with Crippen LogP contribution >= 0.6 is 0 Å². The van der Waals surface area contributed by atoms with Crippen LogP contribution in [-0.2, 0) is 4.74 Å². The molecule has 3 rings (SSSR count). The van der Waals surface area contributed by atoms with Crippen LogP contribution in [0.1, 0.15) is 29.1 Å². The number of hydrogen-bond acceptors (Lipinski definition) is 6. The van der Waals surface area contributed by atoms with E-state index in [-0.39, 0.29) is 17.5 Å². The van der Waals surface area contributed by atoms with Crippen LogP contribution in [0.3, 0.4) is 0 Å². The minimum Gasteiger partial charge on any atom is -0.480 e. The number of nitrogens with one attached hydrogen (secondary N) is 1. The maximum absolute atomic E-state index is 11.7. The lowest BCUT2D eigenvalue weighted by atomic mass is 10.2. The topological polar surface area (TPSA) is 73.6 Å². The molecule has 0 aliphatic carbocycles. The lowest BCUT2D eigenvalue weighted by Crippen LogP contribution is -2.10. The molecule has 6 nitrogen and oxygen atoms in total. The van der Waals surface area contributed by atoms with Crippen LogP contribution in [0, 0.1) is 0 Å². The summed E-state index contributed by atoms with van der Waals surface area (Å²) in [6.45, 7) is 1.97. The minimum absolute atomic E-state index is 0.0985. The zero-order chi connectivity index (χ0) is 17.1. The van der Waals surface area contributed by atoms with Crippen LogP contribution in [0.2, 0.25) is 0 Å². The molecule has 0 bridgehead atoms. The average molecular weight is 326 g/mol. The summed E-state index contributed by atoms with van der Waals surface area (Å²) in [5.74, 6) is 1.10. The van der Waals surface area contributed by atoms with Gasteiger partial charge < -0.3 is 19.2 Å². The Hall–Kier alpha value is -3.02. The molecule has 0 aliphatic rings. The first-order valence-electron chi connectivity index (χ1n) is 7.50. The number of rotatable bonds is 5. The Morgan fingerprint density at radius 3 is 2.71 bits per heavy atom. The van der Waals surface area contributed by atoms with Gasteiger partial charge in [-0.25, -0.2) is 4.79 Å². The molecule has 1 N–H and O–H groups in total. The fourth-order valence-electron chi connectivity index (χ4n) is 2.45. The smallest absolute Gasteiger partial charge is 0.343 e. The quantitative estimate of drug-likeness (QED) is 0.719. The summed E-state index contributed by atoms with van der Waals surface area (Å²) < 4.78 is 15.7. The number of carbonyl (C=O) groups excluding carboxylic acids is 1. The first kappa shape index (κ1) is 15.9. The van der Waals surface area contributed by atoms with Crippen molar-refractivity contribution in [3.8, 4) is 5.88 Å². The highest BCUT2D eigenvalue weighted by Gasteiger charge is 2.17. The number of furan rings is 1. The van der Waals surface area contributed by atoms with Crippen molar-refractivity contribution in [1.82, 2.24) is 4.98 Å². The number of methoxy groups -OCH3 is 2. The van der Waals surface area contributed by atoms with Gasteiger partial charge >= 0.3 is 5.97 Å². The van der Waals surface area contributed by atoms with Gasteiger partial charge in [0.1, 0.15) is 22.7 Å².